The third kappa shape index (κ3) is 2.29. The molecule has 0 unspecified atom stereocenters. The van der Waals surface area contributed by atoms with Gasteiger partial charge in [-0.25, -0.2) is 18.4 Å². The summed E-state index contributed by atoms with van der Waals surface area (Å²) in [6, 6.07) is 0. The van der Waals surface area contributed by atoms with Crippen LogP contribution in [-0.2, 0) is 10.0 Å². The van der Waals surface area contributed by atoms with Gasteiger partial charge in [0, 0.05) is 26.2 Å². The molecule has 0 N–H and O–H groups in total. The molecule has 2 aromatic heterocycles. The van der Waals surface area contributed by atoms with Crippen LogP contribution in [0.2, 0.25) is 0 Å². The number of anilines is 1. The SMILES string of the molecule is Cc1csc2c(N3CCN(S(=O)(=O)C4CC4)CC3)ncnc12. The minimum Gasteiger partial charge on any atom is -0.353 e. The monoisotopic (exact) mass is 338 g/mol. The predicted octanol–water partition coefficient (Wildman–Crippen LogP) is 1.61. The second kappa shape index (κ2) is 5.14. The van der Waals surface area contributed by atoms with E-state index in [9.17, 15) is 8.42 Å². The number of rotatable bonds is 3. The van der Waals surface area contributed by atoms with E-state index in [1.807, 2.05) is 0 Å². The van der Waals surface area contributed by atoms with Gasteiger partial charge in [-0.1, -0.05) is 0 Å². The van der Waals surface area contributed by atoms with Crippen LogP contribution in [-0.4, -0.2) is 54.1 Å². The zero-order valence-electron chi connectivity index (χ0n) is 12.4. The van der Waals surface area contributed by atoms with E-state index in [1.54, 1.807) is 22.0 Å². The molecule has 0 aromatic carbocycles. The molecular formula is C14H18N4O2S2. The van der Waals surface area contributed by atoms with Crippen molar-refractivity contribution in [1.29, 1.82) is 0 Å². The zero-order chi connectivity index (χ0) is 15.3. The Morgan fingerprint density at radius 2 is 1.91 bits per heavy atom. The summed E-state index contributed by atoms with van der Waals surface area (Å²) in [5, 5.41) is 1.97. The van der Waals surface area contributed by atoms with Gasteiger partial charge in [0.2, 0.25) is 10.0 Å². The fourth-order valence-corrected chi connectivity index (χ4v) is 5.76. The minimum absolute atomic E-state index is 0.121. The van der Waals surface area contributed by atoms with Crippen LogP contribution in [0.3, 0.4) is 0 Å². The number of thiophene rings is 1. The first-order chi connectivity index (χ1) is 10.6. The van der Waals surface area contributed by atoms with Crippen molar-refractivity contribution in [2.45, 2.75) is 25.0 Å². The lowest BCUT2D eigenvalue weighted by Crippen LogP contribution is -2.49. The highest BCUT2D eigenvalue weighted by molar-refractivity contribution is 7.90. The van der Waals surface area contributed by atoms with Crippen molar-refractivity contribution in [3.05, 3.63) is 17.3 Å². The van der Waals surface area contributed by atoms with Crippen LogP contribution in [0, 0.1) is 6.92 Å². The lowest BCUT2D eigenvalue weighted by atomic mass is 10.3. The predicted molar refractivity (Wildman–Crippen MR) is 87.9 cm³/mol. The molecule has 1 aliphatic carbocycles. The summed E-state index contributed by atoms with van der Waals surface area (Å²) in [7, 11) is -3.06. The highest BCUT2D eigenvalue weighted by atomic mass is 32.2. The molecule has 0 radical (unpaired) electrons. The van der Waals surface area contributed by atoms with Crippen molar-refractivity contribution in [1.82, 2.24) is 14.3 Å². The quantitative estimate of drug-likeness (QED) is 0.851. The zero-order valence-corrected chi connectivity index (χ0v) is 14.0. The fourth-order valence-electron chi connectivity index (χ4n) is 2.91. The van der Waals surface area contributed by atoms with Gasteiger partial charge in [-0.05, 0) is 30.7 Å². The van der Waals surface area contributed by atoms with Crippen LogP contribution in [0.25, 0.3) is 10.2 Å². The van der Waals surface area contributed by atoms with Crippen LogP contribution in [0.15, 0.2) is 11.7 Å². The fraction of sp³-hybridized carbons (Fsp3) is 0.571. The van der Waals surface area contributed by atoms with Gasteiger partial charge in [-0.15, -0.1) is 11.3 Å². The maximum absolute atomic E-state index is 12.3. The maximum Gasteiger partial charge on any atom is 0.217 e. The van der Waals surface area contributed by atoms with Crippen LogP contribution < -0.4 is 4.90 Å². The molecule has 6 nitrogen and oxygen atoms in total. The Kier molecular flexibility index (Phi) is 3.35. The second-order valence-electron chi connectivity index (χ2n) is 5.92. The molecule has 0 bridgehead atoms. The molecule has 2 aliphatic rings. The molecule has 2 aromatic rings. The molecule has 2 fully saturated rings. The molecule has 0 amide bonds. The normalized spacial score (nSPS) is 20.7. The highest BCUT2D eigenvalue weighted by Gasteiger charge is 2.41. The molecule has 118 valence electrons. The summed E-state index contributed by atoms with van der Waals surface area (Å²) in [4.78, 5) is 11.0. The smallest absolute Gasteiger partial charge is 0.217 e. The number of aromatic nitrogens is 2. The van der Waals surface area contributed by atoms with E-state index in [4.69, 9.17) is 0 Å². The molecule has 8 heteroatoms. The average molecular weight is 338 g/mol. The lowest BCUT2D eigenvalue weighted by molar-refractivity contribution is 0.383. The summed E-state index contributed by atoms with van der Waals surface area (Å²) in [6.45, 7) is 4.53. The highest BCUT2D eigenvalue weighted by Crippen LogP contribution is 2.33. The maximum atomic E-state index is 12.3. The molecule has 1 saturated heterocycles. The third-order valence-electron chi connectivity index (χ3n) is 4.36. The molecule has 22 heavy (non-hydrogen) atoms. The molecular weight excluding hydrogens is 320 g/mol. The lowest BCUT2D eigenvalue weighted by Gasteiger charge is -2.34. The van der Waals surface area contributed by atoms with Crippen molar-refractivity contribution < 1.29 is 8.42 Å². The van der Waals surface area contributed by atoms with Crippen LogP contribution in [0.4, 0.5) is 5.82 Å². The second-order valence-corrected chi connectivity index (χ2v) is 9.02. The molecule has 1 saturated carbocycles. The standard InChI is InChI=1S/C14H18N4O2S2/c1-10-8-21-13-12(10)15-9-16-14(13)17-4-6-18(7-5-17)22(19,20)11-2-3-11/h8-9,11H,2-7H2,1H3. The largest absolute Gasteiger partial charge is 0.353 e. The third-order valence-corrected chi connectivity index (χ3v) is 7.84. The Morgan fingerprint density at radius 3 is 2.59 bits per heavy atom. The summed E-state index contributed by atoms with van der Waals surface area (Å²) in [5.41, 5.74) is 2.17. The number of aryl methyl sites for hydroxylation is 1. The molecule has 0 atom stereocenters. The van der Waals surface area contributed by atoms with Gasteiger partial charge in [-0.3, -0.25) is 0 Å². The van der Waals surface area contributed by atoms with Gasteiger partial charge in [0.25, 0.3) is 0 Å². The number of sulfonamides is 1. The Hall–Kier alpha value is -1.25. The van der Waals surface area contributed by atoms with E-state index in [0.29, 0.717) is 26.2 Å². The Morgan fingerprint density at radius 1 is 1.18 bits per heavy atom. The summed E-state index contributed by atoms with van der Waals surface area (Å²) in [6.07, 6.45) is 3.25. The van der Waals surface area contributed by atoms with Crippen LogP contribution in [0.5, 0.6) is 0 Å². The van der Waals surface area contributed by atoms with Gasteiger partial charge in [0.1, 0.15) is 12.1 Å². The van der Waals surface area contributed by atoms with Gasteiger partial charge in [-0.2, -0.15) is 4.31 Å². The molecule has 3 heterocycles. The first-order valence-corrected chi connectivity index (χ1v) is 9.88. The van der Waals surface area contributed by atoms with Crippen molar-refractivity contribution in [3.8, 4) is 0 Å². The van der Waals surface area contributed by atoms with E-state index in [1.165, 1.54) is 5.56 Å². The van der Waals surface area contributed by atoms with Gasteiger partial charge < -0.3 is 4.90 Å². The van der Waals surface area contributed by atoms with Gasteiger partial charge in [0.05, 0.1) is 15.5 Å². The number of hydrogen-bond donors (Lipinski definition) is 0. The number of piperazine rings is 1. The van der Waals surface area contributed by atoms with Gasteiger partial charge >= 0.3 is 0 Å². The number of hydrogen-bond acceptors (Lipinski definition) is 6. The summed E-state index contributed by atoms with van der Waals surface area (Å²) >= 11 is 1.66. The Bertz CT molecular complexity index is 805. The Balaban J connectivity index is 1.56. The van der Waals surface area contributed by atoms with E-state index < -0.39 is 10.0 Å². The van der Waals surface area contributed by atoms with Crippen molar-refractivity contribution in [2.24, 2.45) is 0 Å². The van der Waals surface area contributed by atoms with E-state index >= 15 is 0 Å². The van der Waals surface area contributed by atoms with E-state index in [0.717, 1.165) is 28.9 Å². The van der Waals surface area contributed by atoms with E-state index in [2.05, 4.69) is 27.2 Å². The first-order valence-electron chi connectivity index (χ1n) is 7.50. The van der Waals surface area contributed by atoms with Crippen molar-refractivity contribution in [3.63, 3.8) is 0 Å². The topological polar surface area (TPSA) is 66.4 Å². The van der Waals surface area contributed by atoms with E-state index in [-0.39, 0.29) is 5.25 Å². The molecule has 4 rings (SSSR count). The minimum atomic E-state index is -3.06. The van der Waals surface area contributed by atoms with Crippen molar-refractivity contribution >= 4 is 37.4 Å². The van der Waals surface area contributed by atoms with Gasteiger partial charge in [0.15, 0.2) is 0 Å². The average Bonchev–Trinajstić information content (AvgIpc) is 3.33. The first kappa shape index (κ1) is 14.3. The molecule has 1 aliphatic heterocycles. The van der Waals surface area contributed by atoms with Crippen LogP contribution >= 0.6 is 11.3 Å². The van der Waals surface area contributed by atoms with Crippen LogP contribution in [0.1, 0.15) is 18.4 Å². The number of fused-ring (bicyclic) bond motifs is 1. The Labute approximate surface area is 133 Å². The summed E-state index contributed by atoms with van der Waals surface area (Å²) in [5.74, 6) is 0.937. The molecule has 0 spiro atoms. The summed E-state index contributed by atoms with van der Waals surface area (Å²) < 4.78 is 27.3. The number of nitrogens with zero attached hydrogens (tertiary/aromatic N) is 4. The van der Waals surface area contributed by atoms with Crippen molar-refractivity contribution in [2.75, 3.05) is 31.1 Å².